The van der Waals surface area contributed by atoms with Crippen molar-refractivity contribution in [1.29, 1.82) is 0 Å². The van der Waals surface area contributed by atoms with Crippen molar-refractivity contribution >= 4 is 17.6 Å². The highest BCUT2D eigenvalue weighted by molar-refractivity contribution is 6.02. The molecule has 0 aliphatic carbocycles. The molecule has 0 aromatic carbocycles. The summed E-state index contributed by atoms with van der Waals surface area (Å²) in [4.78, 5) is 25.3. The first kappa shape index (κ1) is 16.7. The lowest BCUT2D eigenvalue weighted by molar-refractivity contribution is -0.117. The van der Waals surface area contributed by atoms with Gasteiger partial charge in [0.15, 0.2) is 5.78 Å². The number of piperazine rings is 1. The van der Waals surface area contributed by atoms with E-state index in [4.69, 9.17) is 0 Å². The molecule has 2 rings (SSSR count). The fourth-order valence-electron chi connectivity index (χ4n) is 2.55. The number of carbonyl (C=O) groups excluding carboxylic acids is 1. The lowest BCUT2D eigenvalue weighted by atomic mass is 10.0. The minimum absolute atomic E-state index is 0.0450. The summed E-state index contributed by atoms with van der Waals surface area (Å²) in [5.74, 6) is 3.53. The highest BCUT2D eigenvalue weighted by Crippen LogP contribution is 2.17. The number of carbonyl (C=O) groups is 1. The maximum atomic E-state index is 12.0. The van der Waals surface area contributed by atoms with Crippen LogP contribution in [0, 0.1) is 5.92 Å². The van der Waals surface area contributed by atoms with Crippen molar-refractivity contribution in [2.75, 3.05) is 26.2 Å². The van der Waals surface area contributed by atoms with Gasteiger partial charge in [-0.25, -0.2) is 4.99 Å². The first-order chi connectivity index (χ1) is 10.3. The maximum absolute atomic E-state index is 12.0. The van der Waals surface area contributed by atoms with Gasteiger partial charge in [-0.3, -0.25) is 9.69 Å². The summed E-state index contributed by atoms with van der Waals surface area (Å²) in [6.07, 6.45) is 3.25. The number of nitrogens with zero attached hydrogens (tertiary/aromatic N) is 4. The van der Waals surface area contributed by atoms with Gasteiger partial charge >= 0.3 is 0 Å². The minimum atomic E-state index is -0.0450. The predicted octanol–water partition coefficient (Wildman–Crippen LogP) is 2.11. The Morgan fingerprint density at radius 1 is 1.23 bits per heavy atom. The van der Waals surface area contributed by atoms with Crippen LogP contribution in [-0.4, -0.2) is 59.1 Å². The Morgan fingerprint density at radius 3 is 2.41 bits per heavy atom. The average molecular weight is 302 g/mol. The topological polar surface area (TPSA) is 48.3 Å². The van der Waals surface area contributed by atoms with Crippen LogP contribution < -0.4 is 0 Å². The lowest BCUT2D eigenvalue weighted by Crippen LogP contribution is -2.54. The van der Waals surface area contributed by atoms with E-state index in [1.54, 1.807) is 12.3 Å². The van der Waals surface area contributed by atoms with Crippen LogP contribution >= 0.6 is 0 Å². The fraction of sp³-hybridized carbons (Fsp3) is 0.647. The van der Waals surface area contributed by atoms with Gasteiger partial charge in [0.2, 0.25) is 5.96 Å². The highest BCUT2D eigenvalue weighted by Gasteiger charge is 2.27. The number of aliphatic imine (C=N–C) groups is 2. The van der Waals surface area contributed by atoms with Crippen LogP contribution in [0.1, 0.15) is 34.6 Å². The number of Topliss-reactive ketones (excluding diaryl/α,β-unsaturated/α-hetero) is 1. The van der Waals surface area contributed by atoms with Gasteiger partial charge in [-0.2, -0.15) is 4.99 Å². The Bertz CT molecular complexity index is 552. The molecule has 0 N–H and O–H groups in total. The van der Waals surface area contributed by atoms with Crippen LogP contribution in [0.3, 0.4) is 0 Å². The van der Waals surface area contributed by atoms with Crippen molar-refractivity contribution in [3.05, 3.63) is 17.8 Å². The van der Waals surface area contributed by atoms with Gasteiger partial charge in [0.05, 0.1) is 0 Å². The highest BCUT2D eigenvalue weighted by atomic mass is 16.1. The van der Waals surface area contributed by atoms with Gasteiger partial charge in [0.25, 0.3) is 0 Å². The van der Waals surface area contributed by atoms with Crippen molar-refractivity contribution in [2.45, 2.75) is 40.2 Å². The van der Waals surface area contributed by atoms with Gasteiger partial charge < -0.3 is 4.90 Å². The molecule has 1 saturated heterocycles. The molecular formula is C17H26N4O. The molecule has 5 nitrogen and oxygen atoms in total. The fourth-order valence-corrected chi connectivity index (χ4v) is 2.55. The molecule has 0 unspecified atom stereocenters. The summed E-state index contributed by atoms with van der Waals surface area (Å²) in [7, 11) is 0. The molecule has 2 aliphatic rings. The zero-order valence-corrected chi connectivity index (χ0v) is 14.3. The SMILES string of the molecule is CC(C)C(=O)C1=CN=C(N2CCN(C(C)(C)C)CC2)N=C=C1. The van der Waals surface area contributed by atoms with Crippen molar-refractivity contribution in [3.8, 4) is 0 Å². The average Bonchev–Trinajstić information content (AvgIpc) is 2.71. The second kappa shape index (κ2) is 6.59. The van der Waals surface area contributed by atoms with Gasteiger partial charge in [-0.15, -0.1) is 0 Å². The summed E-state index contributed by atoms with van der Waals surface area (Å²) in [6.45, 7) is 14.2. The molecule has 0 amide bonds. The predicted molar refractivity (Wildman–Crippen MR) is 90.3 cm³/mol. The second-order valence-electron chi connectivity index (χ2n) is 7.06. The van der Waals surface area contributed by atoms with Crippen LogP contribution in [0.25, 0.3) is 0 Å². The summed E-state index contributed by atoms with van der Waals surface area (Å²) >= 11 is 0. The molecule has 0 atom stereocenters. The molecule has 0 radical (unpaired) electrons. The van der Waals surface area contributed by atoms with Crippen molar-refractivity contribution in [3.63, 3.8) is 0 Å². The molecule has 0 aromatic rings. The number of allylic oxidation sites excluding steroid dienone is 2. The summed E-state index contributed by atoms with van der Waals surface area (Å²) in [5, 5.41) is 0. The number of hydrogen-bond donors (Lipinski definition) is 0. The molecule has 0 saturated carbocycles. The van der Waals surface area contributed by atoms with Crippen LogP contribution in [0.4, 0.5) is 0 Å². The standard InChI is InChI=1S/C17H26N4O/c1-13(2)15(22)14-6-7-18-16(19-12-14)20-8-10-21(11-9-20)17(3,4)5/h6,12-13H,8-11H2,1-5H3. The largest absolute Gasteiger partial charge is 0.338 e. The molecule has 1 fully saturated rings. The molecule has 0 bridgehead atoms. The van der Waals surface area contributed by atoms with E-state index in [1.165, 1.54) is 0 Å². The van der Waals surface area contributed by atoms with E-state index in [9.17, 15) is 4.79 Å². The summed E-state index contributed by atoms with van der Waals surface area (Å²) in [6, 6.07) is 0. The number of hydrogen-bond acceptors (Lipinski definition) is 5. The zero-order valence-electron chi connectivity index (χ0n) is 14.3. The van der Waals surface area contributed by atoms with E-state index in [1.807, 2.05) is 13.8 Å². The minimum Gasteiger partial charge on any atom is -0.338 e. The Morgan fingerprint density at radius 2 is 1.86 bits per heavy atom. The third kappa shape index (κ3) is 3.93. The molecule has 2 aliphatic heterocycles. The summed E-state index contributed by atoms with van der Waals surface area (Å²) < 4.78 is 0. The van der Waals surface area contributed by atoms with E-state index in [2.05, 4.69) is 46.4 Å². The first-order valence-corrected chi connectivity index (χ1v) is 7.90. The van der Waals surface area contributed by atoms with E-state index >= 15 is 0 Å². The van der Waals surface area contributed by atoms with E-state index in [0.29, 0.717) is 11.5 Å². The molecule has 120 valence electrons. The van der Waals surface area contributed by atoms with Crippen LogP contribution in [0.2, 0.25) is 0 Å². The molecule has 2 heterocycles. The van der Waals surface area contributed by atoms with Gasteiger partial charge in [0, 0.05) is 55.5 Å². The van der Waals surface area contributed by atoms with E-state index in [-0.39, 0.29) is 17.2 Å². The van der Waals surface area contributed by atoms with Gasteiger partial charge in [-0.05, 0) is 26.6 Å². The lowest BCUT2D eigenvalue weighted by Gasteiger charge is -2.42. The zero-order chi connectivity index (χ0) is 16.3. The second-order valence-corrected chi connectivity index (χ2v) is 7.06. The Balaban J connectivity index is 2.06. The number of rotatable bonds is 2. The van der Waals surface area contributed by atoms with Crippen LogP contribution in [0.15, 0.2) is 27.8 Å². The van der Waals surface area contributed by atoms with Crippen molar-refractivity contribution in [2.24, 2.45) is 15.9 Å². The van der Waals surface area contributed by atoms with Crippen molar-refractivity contribution in [1.82, 2.24) is 9.80 Å². The van der Waals surface area contributed by atoms with Crippen LogP contribution in [-0.2, 0) is 4.79 Å². The third-order valence-electron chi connectivity index (χ3n) is 4.02. The number of guanidine groups is 1. The maximum Gasteiger partial charge on any atom is 0.233 e. The van der Waals surface area contributed by atoms with E-state index in [0.717, 1.165) is 26.2 Å². The Kier molecular flexibility index (Phi) is 4.99. The smallest absolute Gasteiger partial charge is 0.233 e. The quantitative estimate of drug-likeness (QED) is 0.785. The monoisotopic (exact) mass is 302 g/mol. The molecule has 22 heavy (non-hydrogen) atoms. The molecule has 5 heteroatoms. The van der Waals surface area contributed by atoms with Crippen LogP contribution in [0.5, 0.6) is 0 Å². The number of ketones is 1. The Hall–Kier alpha value is -1.71. The molecule has 0 spiro atoms. The molecule has 0 aromatic heterocycles. The van der Waals surface area contributed by atoms with Crippen molar-refractivity contribution < 1.29 is 4.79 Å². The van der Waals surface area contributed by atoms with Gasteiger partial charge in [0.1, 0.15) is 0 Å². The normalized spacial score (nSPS) is 20.0. The Labute approximate surface area is 133 Å². The molecular weight excluding hydrogens is 276 g/mol. The third-order valence-corrected chi connectivity index (χ3v) is 4.02. The first-order valence-electron chi connectivity index (χ1n) is 7.90. The van der Waals surface area contributed by atoms with E-state index < -0.39 is 0 Å². The summed E-state index contributed by atoms with van der Waals surface area (Å²) in [5.41, 5.74) is 0.763. The van der Waals surface area contributed by atoms with Gasteiger partial charge in [-0.1, -0.05) is 13.8 Å².